The second-order valence-corrected chi connectivity index (χ2v) is 7.43. The lowest BCUT2D eigenvalue weighted by atomic mass is 9.50. The summed E-state index contributed by atoms with van der Waals surface area (Å²) in [6.07, 6.45) is 2.03. The van der Waals surface area contributed by atoms with Gasteiger partial charge < -0.3 is 0 Å². The fourth-order valence-electron chi connectivity index (χ4n) is 3.47. The van der Waals surface area contributed by atoms with Crippen molar-refractivity contribution in [1.29, 1.82) is 0 Å². The summed E-state index contributed by atoms with van der Waals surface area (Å²) in [6, 6.07) is 12.5. The first kappa shape index (κ1) is 14.4. The predicted octanol–water partition coefficient (Wildman–Crippen LogP) is 4.45. The minimum atomic E-state index is -0.363. The molecule has 0 saturated carbocycles. The minimum Gasteiger partial charge on any atom is -0.256 e. The van der Waals surface area contributed by atoms with Crippen LogP contribution in [-0.4, -0.2) is 12.8 Å². The van der Waals surface area contributed by atoms with E-state index in [1.807, 2.05) is 24.4 Å². The molecule has 0 aliphatic heterocycles. The van der Waals surface area contributed by atoms with Crippen molar-refractivity contribution in [2.75, 3.05) is 0 Å². The molecule has 1 nitrogen and oxygen atoms in total. The van der Waals surface area contributed by atoms with E-state index in [0.717, 1.165) is 11.3 Å². The van der Waals surface area contributed by atoms with E-state index in [-0.39, 0.29) is 16.1 Å². The zero-order valence-corrected chi connectivity index (χ0v) is 13.6. The lowest BCUT2D eigenvalue weighted by Gasteiger charge is -2.45. The van der Waals surface area contributed by atoms with Gasteiger partial charge in [-0.3, -0.25) is 4.98 Å². The molecular formula is C19H22BN. The molecule has 106 valence electrons. The van der Waals surface area contributed by atoms with Crippen molar-refractivity contribution in [3.05, 3.63) is 53.7 Å². The number of benzene rings is 1. The van der Waals surface area contributed by atoms with Crippen LogP contribution in [0.3, 0.4) is 0 Å². The van der Waals surface area contributed by atoms with Gasteiger partial charge >= 0.3 is 0 Å². The van der Waals surface area contributed by atoms with E-state index < -0.39 is 0 Å². The standard InChI is InChI=1S/C19H22BN/c1-17(2)15-12-21-16(13-9-7-6-8-10-13)11-14(15)19(5,20)18(17,3)4/h6-12H,1-5H3. The molecule has 21 heavy (non-hydrogen) atoms. The van der Waals surface area contributed by atoms with E-state index in [9.17, 15) is 0 Å². The van der Waals surface area contributed by atoms with Crippen LogP contribution in [0.1, 0.15) is 45.7 Å². The van der Waals surface area contributed by atoms with Gasteiger partial charge in [-0.2, -0.15) is 0 Å². The van der Waals surface area contributed by atoms with Gasteiger partial charge in [0.15, 0.2) is 0 Å². The van der Waals surface area contributed by atoms with E-state index in [4.69, 9.17) is 12.8 Å². The van der Waals surface area contributed by atoms with Crippen molar-refractivity contribution >= 4 is 7.85 Å². The Hall–Kier alpha value is -1.57. The third-order valence-corrected chi connectivity index (χ3v) is 6.07. The van der Waals surface area contributed by atoms with Crippen LogP contribution < -0.4 is 0 Å². The monoisotopic (exact) mass is 275 g/mol. The van der Waals surface area contributed by atoms with Crippen LogP contribution in [-0.2, 0) is 10.7 Å². The van der Waals surface area contributed by atoms with Crippen molar-refractivity contribution in [2.45, 2.75) is 45.3 Å². The van der Waals surface area contributed by atoms with Gasteiger partial charge in [0.1, 0.15) is 0 Å². The summed E-state index contributed by atoms with van der Waals surface area (Å²) in [6.45, 7) is 11.2. The molecule has 0 spiro atoms. The van der Waals surface area contributed by atoms with Crippen molar-refractivity contribution in [1.82, 2.24) is 4.98 Å². The van der Waals surface area contributed by atoms with Crippen molar-refractivity contribution in [3.8, 4) is 11.3 Å². The zero-order valence-electron chi connectivity index (χ0n) is 13.6. The topological polar surface area (TPSA) is 12.9 Å². The molecular weight excluding hydrogens is 253 g/mol. The van der Waals surface area contributed by atoms with Crippen LogP contribution in [0.5, 0.6) is 0 Å². The number of rotatable bonds is 1. The molecule has 0 bridgehead atoms. The maximum Gasteiger partial charge on any atom is 0.0814 e. The van der Waals surface area contributed by atoms with Crippen molar-refractivity contribution in [2.24, 2.45) is 5.41 Å². The average molecular weight is 275 g/mol. The number of hydrogen-bond acceptors (Lipinski definition) is 1. The lowest BCUT2D eigenvalue weighted by Crippen LogP contribution is -2.44. The Balaban J connectivity index is 2.22. The summed E-state index contributed by atoms with van der Waals surface area (Å²) in [5.41, 5.74) is 4.62. The smallest absolute Gasteiger partial charge is 0.0814 e. The lowest BCUT2D eigenvalue weighted by molar-refractivity contribution is 0.165. The van der Waals surface area contributed by atoms with Gasteiger partial charge in [0.05, 0.1) is 13.5 Å². The van der Waals surface area contributed by atoms with Gasteiger partial charge in [-0.05, 0) is 33.3 Å². The molecule has 0 amide bonds. The van der Waals surface area contributed by atoms with Gasteiger partial charge in [-0.25, -0.2) is 0 Å². The summed E-state index contributed by atoms with van der Waals surface area (Å²) in [5, 5.41) is -0.363. The maximum atomic E-state index is 6.76. The third kappa shape index (κ3) is 1.74. The molecule has 0 N–H and O–H groups in total. The second kappa shape index (κ2) is 4.22. The molecule has 1 unspecified atom stereocenters. The molecule has 1 aromatic heterocycles. The summed E-state index contributed by atoms with van der Waals surface area (Å²) in [7, 11) is 6.76. The molecule has 0 saturated heterocycles. The van der Waals surface area contributed by atoms with Gasteiger partial charge in [0, 0.05) is 11.8 Å². The fourth-order valence-corrected chi connectivity index (χ4v) is 3.47. The summed E-state index contributed by atoms with van der Waals surface area (Å²) in [5.74, 6) is 0. The Bertz CT molecular complexity index is 684. The van der Waals surface area contributed by atoms with E-state index in [1.54, 1.807) is 0 Å². The highest BCUT2D eigenvalue weighted by Crippen LogP contribution is 2.60. The Labute approximate surface area is 129 Å². The van der Waals surface area contributed by atoms with E-state index >= 15 is 0 Å². The fraction of sp³-hybridized carbons (Fsp3) is 0.421. The zero-order chi connectivity index (χ0) is 15.5. The first-order chi connectivity index (χ1) is 9.69. The van der Waals surface area contributed by atoms with E-state index in [1.165, 1.54) is 11.1 Å². The van der Waals surface area contributed by atoms with Crippen molar-refractivity contribution in [3.63, 3.8) is 0 Å². The first-order valence-corrected chi connectivity index (χ1v) is 7.55. The molecule has 3 rings (SSSR count). The number of aromatic nitrogens is 1. The van der Waals surface area contributed by atoms with Crippen LogP contribution in [0.25, 0.3) is 11.3 Å². The number of hydrogen-bond donors (Lipinski definition) is 0. The quantitative estimate of drug-likeness (QED) is 0.701. The largest absolute Gasteiger partial charge is 0.256 e. The highest BCUT2D eigenvalue weighted by Gasteiger charge is 2.56. The Kier molecular flexibility index (Phi) is 2.89. The Morgan fingerprint density at radius 1 is 0.905 bits per heavy atom. The van der Waals surface area contributed by atoms with Gasteiger partial charge in [0.2, 0.25) is 0 Å². The normalized spacial score (nSPS) is 25.6. The highest BCUT2D eigenvalue weighted by molar-refractivity contribution is 6.17. The first-order valence-electron chi connectivity index (χ1n) is 7.55. The van der Waals surface area contributed by atoms with Crippen LogP contribution in [0, 0.1) is 5.41 Å². The van der Waals surface area contributed by atoms with Crippen molar-refractivity contribution < 1.29 is 0 Å². The Morgan fingerprint density at radius 2 is 1.52 bits per heavy atom. The average Bonchev–Trinajstić information content (AvgIpc) is 2.56. The molecule has 1 aliphatic carbocycles. The molecule has 0 fully saturated rings. The van der Waals surface area contributed by atoms with Gasteiger partial charge in [-0.15, -0.1) is 0 Å². The molecule has 2 heteroatoms. The summed E-state index contributed by atoms with van der Waals surface area (Å²) < 4.78 is 0. The Morgan fingerprint density at radius 3 is 2.14 bits per heavy atom. The number of fused-ring (bicyclic) bond motifs is 1. The highest BCUT2D eigenvalue weighted by atomic mass is 14.7. The van der Waals surface area contributed by atoms with E-state index in [2.05, 4.69) is 52.8 Å². The maximum absolute atomic E-state index is 6.76. The predicted molar refractivity (Wildman–Crippen MR) is 89.6 cm³/mol. The summed E-state index contributed by atoms with van der Waals surface area (Å²) in [4.78, 5) is 4.69. The summed E-state index contributed by atoms with van der Waals surface area (Å²) >= 11 is 0. The van der Waals surface area contributed by atoms with Gasteiger partial charge in [0.25, 0.3) is 0 Å². The molecule has 1 heterocycles. The minimum absolute atomic E-state index is 0.00799. The molecule has 1 aromatic carbocycles. The van der Waals surface area contributed by atoms with Gasteiger partial charge in [-0.1, -0.05) is 65.0 Å². The molecule has 2 aromatic rings. The van der Waals surface area contributed by atoms with Crippen LogP contribution in [0.4, 0.5) is 0 Å². The van der Waals surface area contributed by atoms with E-state index in [0.29, 0.717) is 0 Å². The van der Waals surface area contributed by atoms with Crippen LogP contribution in [0.15, 0.2) is 42.6 Å². The third-order valence-electron chi connectivity index (χ3n) is 6.07. The number of pyridine rings is 1. The molecule has 2 radical (unpaired) electrons. The second-order valence-electron chi connectivity index (χ2n) is 7.43. The molecule has 1 atom stereocenters. The number of nitrogens with zero attached hydrogens (tertiary/aromatic N) is 1. The SMILES string of the molecule is [B]C1(C)c2cc(-c3ccccc3)ncc2C(C)(C)C1(C)C. The van der Waals surface area contributed by atoms with Crippen LogP contribution in [0.2, 0.25) is 0 Å². The van der Waals surface area contributed by atoms with Crippen LogP contribution >= 0.6 is 0 Å². The molecule has 1 aliphatic rings.